The standard InChI is InChI=1S/C26H30F3N5O4/c1-25(2,38-14-23(31)36)18-11-19(30)16(12-32-17-8-6-15(13-35)7-9-17)10-21(18)34-24(37)20-4-3-5-22(33-20)26(27,28)29/h3-5,10-13,15,17H,6-9,14,30H2,1-2H3,(H2,31,36)(H,34,37). The Morgan fingerprint density at radius 2 is 1.87 bits per heavy atom. The number of carbonyl (C=O) groups excluding carboxylic acids is 3. The van der Waals surface area contributed by atoms with Crippen LogP contribution < -0.4 is 16.8 Å². The van der Waals surface area contributed by atoms with Crippen LogP contribution in [0, 0.1) is 5.92 Å². The first-order chi connectivity index (χ1) is 17.8. The third-order valence-electron chi connectivity index (χ3n) is 6.33. The van der Waals surface area contributed by atoms with Gasteiger partial charge in [0.05, 0.1) is 5.60 Å². The molecule has 9 nitrogen and oxygen atoms in total. The zero-order valence-corrected chi connectivity index (χ0v) is 21.0. The Morgan fingerprint density at radius 1 is 1.18 bits per heavy atom. The quantitative estimate of drug-likeness (QED) is 0.253. The predicted octanol–water partition coefficient (Wildman–Crippen LogP) is 3.85. The molecule has 0 radical (unpaired) electrons. The lowest BCUT2D eigenvalue weighted by Gasteiger charge is -2.28. The van der Waals surface area contributed by atoms with Gasteiger partial charge in [0.1, 0.15) is 24.3 Å². The number of halogens is 3. The summed E-state index contributed by atoms with van der Waals surface area (Å²) in [4.78, 5) is 43.3. The molecule has 2 amide bonds. The second-order valence-corrected chi connectivity index (χ2v) is 9.63. The molecule has 0 atom stereocenters. The van der Waals surface area contributed by atoms with E-state index in [4.69, 9.17) is 16.2 Å². The number of amides is 2. The third kappa shape index (κ3) is 7.37. The summed E-state index contributed by atoms with van der Waals surface area (Å²) in [7, 11) is 0. The van der Waals surface area contributed by atoms with Crippen LogP contribution in [0.2, 0.25) is 0 Å². The van der Waals surface area contributed by atoms with E-state index < -0.39 is 41.6 Å². The van der Waals surface area contributed by atoms with Crippen LogP contribution in [0.5, 0.6) is 0 Å². The first-order valence-corrected chi connectivity index (χ1v) is 12.0. The lowest BCUT2D eigenvalue weighted by molar-refractivity contribution is -0.141. The van der Waals surface area contributed by atoms with Gasteiger partial charge in [0.25, 0.3) is 5.91 Å². The highest BCUT2D eigenvalue weighted by molar-refractivity contribution is 6.04. The fourth-order valence-corrected chi connectivity index (χ4v) is 4.15. The third-order valence-corrected chi connectivity index (χ3v) is 6.33. The Labute approximate surface area is 217 Å². The highest BCUT2D eigenvalue weighted by atomic mass is 19.4. The molecular weight excluding hydrogens is 503 g/mol. The summed E-state index contributed by atoms with van der Waals surface area (Å²) in [5.74, 6) is -1.56. The van der Waals surface area contributed by atoms with Gasteiger partial charge in [-0.05, 0) is 63.8 Å². The van der Waals surface area contributed by atoms with Crippen molar-refractivity contribution in [1.82, 2.24) is 4.98 Å². The van der Waals surface area contributed by atoms with E-state index in [1.807, 2.05) is 0 Å². The number of carbonyl (C=O) groups is 3. The van der Waals surface area contributed by atoms with Crippen molar-refractivity contribution in [2.45, 2.75) is 57.3 Å². The molecule has 38 heavy (non-hydrogen) atoms. The number of nitrogens with one attached hydrogen (secondary N) is 1. The zero-order chi connectivity index (χ0) is 28.1. The molecule has 3 rings (SSSR count). The zero-order valence-electron chi connectivity index (χ0n) is 21.0. The fourth-order valence-electron chi connectivity index (χ4n) is 4.15. The molecule has 1 aromatic carbocycles. The number of benzene rings is 1. The van der Waals surface area contributed by atoms with Crippen molar-refractivity contribution in [2.75, 3.05) is 17.7 Å². The van der Waals surface area contributed by atoms with E-state index in [2.05, 4.69) is 15.3 Å². The maximum atomic E-state index is 13.1. The molecule has 0 aliphatic heterocycles. The number of rotatable bonds is 9. The number of alkyl halides is 3. The van der Waals surface area contributed by atoms with E-state index in [9.17, 15) is 27.6 Å². The molecule has 1 saturated carbocycles. The molecular formula is C26H30F3N5O4. The SMILES string of the molecule is CC(C)(OCC(N)=O)c1cc(N)c(C=NC2CCC(C=O)CC2)cc1NC(=O)c1cccc(C(F)(F)F)n1. The van der Waals surface area contributed by atoms with Crippen molar-refractivity contribution in [3.05, 3.63) is 52.8 Å². The van der Waals surface area contributed by atoms with Gasteiger partial charge in [-0.2, -0.15) is 13.2 Å². The number of aromatic nitrogens is 1. The number of aldehydes is 1. The van der Waals surface area contributed by atoms with E-state index >= 15 is 0 Å². The Bertz CT molecular complexity index is 1220. The molecule has 1 heterocycles. The van der Waals surface area contributed by atoms with Gasteiger partial charge in [-0.1, -0.05) is 6.07 Å². The van der Waals surface area contributed by atoms with Crippen LogP contribution in [-0.2, 0) is 26.1 Å². The molecule has 1 aliphatic rings. The van der Waals surface area contributed by atoms with Crippen molar-refractivity contribution >= 4 is 35.7 Å². The summed E-state index contributed by atoms with van der Waals surface area (Å²) in [5, 5.41) is 2.60. The molecule has 0 unspecified atom stereocenters. The number of hydrogen-bond donors (Lipinski definition) is 3. The highest BCUT2D eigenvalue weighted by Gasteiger charge is 2.33. The number of ether oxygens (including phenoxy) is 1. The number of nitrogens with two attached hydrogens (primary N) is 2. The maximum Gasteiger partial charge on any atom is 0.433 e. The summed E-state index contributed by atoms with van der Waals surface area (Å²) >= 11 is 0. The topological polar surface area (TPSA) is 150 Å². The summed E-state index contributed by atoms with van der Waals surface area (Å²) in [6.07, 6.45) is 0.801. The van der Waals surface area contributed by atoms with Gasteiger partial charge in [0.15, 0.2) is 0 Å². The number of primary amides is 1. The molecule has 204 valence electrons. The van der Waals surface area contributed by atoms with Crippen molar-refractivity contribution < 1.29 is 32.3 Å². The van der Waals surface area contributed by atoms with Gasteiger partial charge < -0.3 is 26.3 Å². The second-order valence-electron chi connectivity index (χ2n) is 9.63. The van der Waals surface area contributed by atoms with Gasteiger partial charge in [-0.25, -0.2) is 4.98 Å². The van der Waals surface area contributed by atoms with Crippen LogP contribution in [0.25, 0.3) is 0 Å². The molecule has 0 bridgehead atoms. The summed E-state index contributed by atoms with van der Waals surface area (Å²) in [5.41, 5.74) is 9.98. The van der Waals surface area contributed by atoms with E-state index in [-0.39, 0.29) is 17.6 Å². The van der Waals surface area contributed by atoms with E-state index in [0.29, 0.717) is 16.8 Å². The maximum absolute atomic E-state index is 13.1. The minimum Gasteiger partial charge on any atom is -0.398 e. The molecule has 2 aromatic rings. The summed E-state index contributed by atoms with van der Waals surface area (Å²) in [6, 6.07) is 6.10. The van der Waals surface area contributed by atoms with E-state index in [0.717, 1.165) is 50.2 Å². The largest absolute Gasteiger partial charge is 0.433 e. The Kier molecular flexibility index (Phi) is 8.87. The number of anilines is 2. The summed E-state index contributed by atoms with van der Waals surface area (Å²) in [6.45, 7) is 2.84. The minimum absolute atomic E-state index is 0.00738. The lowest BCUT2D eigenvalue weighted by Crippen LogP contribution is -2.30. The second kappa shape index (κ2) is 11.7. The number of aliphatic imine (C=N–C) groups is 1. The lowest BCUT2D eigenvalue weighted by atomic mass is 9.87. The van der Waals surface area contributed by atoms with Crippen LogP contribution >= 0.6 is 0 Å². The van der Waals surface area contributed by atoms with Gasteiger partial charge in [0, 0.05) is 40.7 Å². The van der Waals surface area contributed by atoms with Crippen molar-refractivity contribution in [3.63, 3.8) is 0 Å². The van der Waals surface area contributed by atoms with Crippen molar-refractivity contribution in [2.24, 2.45) is 16.6 Å². The number of hydrogen-bond acceptors (Lipinski definition) is 7. The molecule has 0 saturated heterocycles. The number of nitrogens with zero attached hydrogens (tertiary/aromatic N) is 2. The normalized spacial score (nSPS) is 18.3. The van der Waals surface area contributed by atoms with E-state index in [1.54, 1.807) is 26.1 Å². The van der Waals surface area contributed by atoms with Crippen LogP contribution in [0.3, 0.4) is 0 Å². The van der Waals surface area contributed by atoms with Crippen molar-refractivity contribution in [1.29, 1.82) is 0 Å². The Hall–Kier alpha value is -3.80. The first kappa shape index (κ1) is 28.8. The van der Waals surface area contributed by atoms with Crippen molar-refractivity contribution in [3.8, 4) is 0 Å². The van der Waals surface area contributed by atoms with Gasteiger partial charge in [-0.15, -0.1) is 0 Å². The highest BCUT2D eigenvalue weighted by Crippen LogP contribution is 2.35. The van der Waals surface area contributed by atoms with Gasteiger partial charge in [-0.3, -0.25) is 14.6 Å². The average Bonchev–Trinajstić information content (AvgIpc) is 2.87. The van der Waals surface area contributed by atoms with Crippen LogP contribution in [-0.4, -0.2) is 41.9 Å². The van der Waals surface area contributed by atoms with E-state index in [1.165, 1.54) is 6.07 Å². The minimum atomic E-state index is -4.72. The molecule has 0 spiro atoms. The summed E-state index contributed by atoms with van der Waals surface area (Å²) < 4.78 is 45.0. The number of pyridine rings is 1. The molecule has 1 aromatic heterocycles. The monoisotopic (exact) mass is 533 g/mol. The number of nitrogen functional groups attached to an aromatic ring is 1. The Balaban J connectivity index is 1.96. The average molecular weight is 534 g/mol. The molecule has 1 aliphatic carbocycles. The van der Waals surface area contributed by atoms with Gasteiger partial charge in [0.2, 0.25) is 5.91 Å². The molecule has 12 heteroatoms. The fraction of sp³-hybridized carbons (Fsp3) is 0.423. The van der Waals surface area contributed by atoms with Gasteiger partial charge >= 0.3 is 6.18 Å². The molecule has 1 fully saturated rings. The van der Waals surface area contributed by atoms with Crippen LogP contribution in [0.1, 0.15) is 66.8 Å². The molecule has 5 N–H and O–H groups in total. The predicted molar refractivity (Wildman–Crippen MR) is 136 cm³/mol. The van der Waals surface area contributed by atoms with Crippen LogP contribution in [0.15, 0.2) is 35.3 Å². The Morgan fingerprint density at radius 3 is 2.47 bits per heavy atom. The van der Waals surface area contributed by atoms with Crippen LogP contribution in [0.4, 0.5) is 24.5 Å². The smallest absolute Gasteiger partial charge is 0.398 e. The first-order valence-electron chi connectivity index (χ1n) is 12.0.